The Kier molecular flexibility index (Phi) is 6.05. The average Bonchev–Trinajstić information content (AvgIpc) is 2.38. The van der Waals surface area contributed by atoms with E-state index in [4.69, 9.17) is 15.7 Å². The molecular formula is C14H22N2O2. The summed E-state index contributed by atoms with van der Waals surface area (Å²) < 4.78 is 5.61. The van der Waals surface area contributed by atoms with E-state index in [9.17, 15) is 0 Å². The van der Waals surface area contributed by atoms with Crippen LogP contribution in [0.5, 0.6) is 5.75 Å². The van der Waals surface area contributed by atoms with E-state index in [1.165, 1.54) is 5.56 Å². The van der Waals surface area contributed by atoms with E-state index in [0.717, 1.165) is 18.6 Å². The predicted octanol–water partition coefficient (Wildman–Crippen LogP) is 3.11. The van der Waals surface area contributed by atoms with Crippen LogP contribution in [0.3, 0.4) is 0 Å². The Balaban J connectivity index is 2.23. The fourth-order valence-electron chi connectivity index (χ4n) is 1.60. The molecule has 0 radical (unpaired) electrons. The minimum Gasteiger partial charge on any atom is -0.494 e. The summed E-state index contributed by atoms with van der Waals surface area (Å²) in [6.07, 6.45) is 2.36. The number of unbranched alkanes of at least 4 members (excludes halogenated alkanes) is 1. The molecule has 0 amide bonds. The number of nitrogens with zero attached hydrogens (tertiary/aromatic N) is 1. The van der Waals surface area contributed by atoms with Gasteiger partial charge in [0.25, 0.3) is 0 Å². The topological polar surface area (TPSA) is 67.8 Å². The lowest BCUT2D eigenvalue weighted by atomic mass is 10.0. The minimum atomic E-state index is 0.274. The maximum absolute atomic E-state index is 8.37. The van der Waals surface area contributed by atoms with Crippen molar-refractivity contribution in [3.8, 4) is 5.75 Å². The second kappa shape index (κ2) is 7.58. The summed E-state index contributed by atoms with van der Waals surface area (Å²) in [5.41, 5.74) is 6.68. The number of nitrogens with two attached hydrogens (primary N) is 1. The Morgan fingerprint density at radius 1 is 1.28 bits per heavy atom. The minimum absolute atomic E-state index is 0.274. The zero-order valence-corrected chi connectivity index (χ0v) is 11.1. The molecule has 3 N–H and O–H groups in total. The van der Waals surface area contributed by atoms with Gasteiger partial charge in [0.1, 0.15) is 11.6 Å². The highest BCUT2D eigenvalue weighted by Crippen LogP contribution is 2.18. The van der Waals surface area contributed by atoms with Crippen LogP contribution in [0.15, 0.2) is 29.4 Å². The molecule has 0 saturated heterocycles. The van der Waals surface area contributed by atoms with Crippen LogP contribution in [0.2, 0.25) is 0 Å². The number of oxime groups is 1. The van der Waals surface area contributed by atoms with Crippen molar-refractivity contribution in [1.82, 2.24) is 0 Å². The molecule has 0 bridgehead atoms. The number of hydrogen-bond acceptors (Lipinski definition) is 3. The molecule has 0 aliphatic carbocycles. The molecule has 4 nitrogen and oxygen atoms in total. The quantitative estimate of drug-likeness (QED) is 0.257. The summed E-state index contributed by atoms with van der Waals surface area (Å²) in [6, 6.07) is 8.19. The predicted molar refractivity (Wildman–Crippen MR) is 73.3 cm³/mol. The van der Waals surface area contributed by atoms with Gasteiger partial charge in [0.2, 0.25) is 0 Å². The summed E-state index contributed by atoms with van der Waals surface area (Å²) in [6.45, 7) is 4.99. The first-order chi connectivity index (χ1) is 8.63. The molecule has 0 aliphatic rings. The lowest BCUT2D eigenvalue weighted by Gasteiger charge is -2.08. The first kappa shape index (κ1) is 14.4. The number of benzene rings is 1. The van der Waals surface area contributed by atoms with Gasteiger partial charge >= 0.3 is 0 Å². The van der Waals surface area contributed by atoms with Crippen LogP contribution in [0, 0.1) is 0 Å². The lowest BCUT2D eigenvalue weighted by molar-refractivity contribution is 0.304. The van der Waals surface area contributed by atoms with Crippen molar-refractivity contribution in [2.45, 2.75) is 39.0 Å². The zero-order valence-electron chi connectivity index (χ0n) is 11.1. The number of hydrogen-bond donors (Lipinski definition) is 2. The second-order valence-electron chi connectivity index (χ2n) is 4.62. The molecule has 0 atom stereocenters. The van der Waals surface area contributed by atoms with Crippen LogP contribution >= 0.6 is 0 Å². The third-order valence-electron chi connectivity index (χ3n) is 2.77. The van der Waals surface area contributed by atoms with Crippen molar-refractivity contribution in [3.63, 3.8) is 0 Å². The Hall–Kier alpha value is -1.71. The number of amidine groups is 1. The standard InChI is InChI=1S/C14H22N2O2/c1-11(2)12-6-8-13(9-7-12)18-10-4-3-5-14(15)16-17/h6-9,11,17H,3-5,10H2,1-2H3,(H2,15,16). The fraction of sp³-hybridized carbons (Fsp3) is 0.500. The van der Waals surface area contributed by atoms with Crippen molar-refractivity contribution in [2.75, 3.05) is 6.61 Å². The summed E-state index contributed by atoms with van der Waals surface area (Å²) >= 11 is 0. The fourth-order valence-corrected chi connectivity index (χ4v) is 1.60. The van der Waals surface area contributed by atoms with Gasteiger partial charge in [-0.1, -0.05) is 31.1 Å². The molecule has 100 valence electrons. The molecular weight excluding hydrogens is 228 g/mol. The molecule has 1 aromatic carbocycles. The van der Waals surface area contributed by atoms with Crippen molar-refractivity contribution in [2.24, 2.45) is 10.9 Å². The Labute approximate surface area is 108 Å². The van der Waals surface area contributed by atoms with E-state index in [1.807, 2.05) is 12.1 Å². The number of rotatable bonds is 7. The second-order valence-corrected chi connectivity index (χ2v) is 4.62. The Bertz CT molecular complexity index is 372. The third kappa shape index (κ3) is 5.08. The monoisotopic (exact) mass is 250 g/mol. The van der Waals surface area contributed by atoms with Crippen molar-refractivity contribution in [1.29, 1.82) is 0 Å². The van der Waals surface area contributed by atoms with Gasteiger partial charge in [-0.15, -0.1) is 0 Å². The van der Waals surface area contributed by atoms with Crippen LogP contribution in [0.4, 0.5) is 0 Å². The Morgan fingerprint density at radius 3 is 2.50 bits per heavy atom. The molecule has 1 aromatic rings. The lowest BCUT2D eigenvalue weighted by Crippen LogP contribution is -2.11. The van der Waals surface area contributed by atoms with Gasteiger partial charge in [-0.25, -0.2) is 0 Å². The molecule has 0 spiro atoms. The molecule has 18 heavy (non-hydrogen) atoms. The number of ether oxygens (including phenoxy) is 1. The smallest absolute Gasteiger partial charge is 0.139 e. The summed E-state index contributed by atoms with van der Waals surface area (Å²) in [7, 11) is 0. The largest absolute Gasteiger partial charge is 0.494 e. The van der Waals surface area contributed by atoms with Gasteiger partial charge in [0, 0.05) is 6.42 Å². The van der Waals surface area contributed by atoms with Crippen molar-refractivity contribution < 1.29 is 9.94 Å². The maximum atomic E-state index is 8.37. The molecule has 0 saturated carbocycles. The highest BCUT2D eigenvalue weighted by Gasteiger charge is 1.99. The summed E-state index contributed by atoms with van der Waals surface area (Å²) in [5.74, 6) is 1.71. The molecule has 1 rings (SSSR count). The van der Waals surface area contributed by atoms with Crippen LogP contribution in [0.1, 0.15) is 44.6 Å². The van der Waals surface area contributed by atoms with Gasteiger partial charge in [-0.2, -0.15) is 0 Å². The highest BCUT2D eigenvalue weighted by atomic mass is 16.5. The third-order valence-corrected chi connectivity index (χ3v) is 2.77. The van der Waals surface area contributed by atoms with Gasteiger partial charge in [-0.3, -0.25) is 0 Å². The molecule has 0 fully saturated rings. The maximum Gasteiger partial charge on any atom is 0.139 e. The molecule has 0 unspecified atom stereocenters. The van der Waals surface area contributed by atoms with Gasteiger partial charge in [0.05, 0.1) is 6.61 Å². The van der Waals surface area contributed by atoms with E-state index in [2.05, 4.69) is 31.1 Å². The SMILES string of the molecule is CC(C)c1ccc(OCCCCC(N)=NO)cc1. The summed E-state index contributed by atoms with van der Waals surface area (Å²) in [4.78, 5) is 0. The first-order valence-corrected chi connectivity index (χ1v) is 6.32. The average molecular weight is 250 g/mol. The van der Waals surface area contributed by atoms with Crippen LogP contribution in [0.25, 0.3) is 0 Å². The van der Waals surface area contributed by atoms with E-state index < -0.39 is 0 Å². The zero-order chi connectivity index (χ0) is 13.4. The molecule has 0 aromatic heterocycles. The van der Waals surface area contributed by atoms with Crippen LogP contribution in [-0.2, 0) is 0 Å². The van der Waals surface area contributed by atoms with Crippen LogP contribution in [-0.4, -0.2) is 17.6 Å². The van der Waals surface area contributed by atoms with E-state index in [0.29, 0.717) is 18.9 Å². The Morgan fingerprint density at radius 2 is 1.94 bits per heavy atom. The normalized spacial score (nSPS) is 11.8. The van der Waals surface area contributed by atoms with Gasteiger partial charge < -0.3 is 15.7 Å². The molecule has 0 heterocycles. The highest BCUT2D eigenvalue weighted by molar-refractivity contribution is 5.79. The first-order valence-electron chi connectivity index (χ1n) is 6.32. The van der Waals surface area contributed by atoms with Crippen molar-refractivity contribution >= 4 is 5.84 Å². The van der Waals surface area contributed by atoms with Gasteiger partial charge in [0.15, 0.2) is 0 Å². The van der Waals surface area contributed by atoms with E-state index in [-0.39, 0.29) is 5.84 Å². The van der Waals surface area contributed by atoms with E-state index in [1.54, 1.807) is 0 Å². The van der Waals surface area contributed by atoms with Crippen molar-refractivity contribution in [3.05, 3.63) is 29.8 Å². The molecule has 0 aliphatic heterocycles. The van der Waals surface area contributed by atoms with E-state index >= 15 is 0 Å². The summed E-state index contributed by atoms with van der Waals surface area (Å²) in [5, 5.41) is 11.3. The molecule has 4 heteroatoms. The van der Waals surface area contributed by atoms with Gasteiger partial charge in [-0.05, 0) is 36.5 Å². The van der Waals surface area contributed by atoms with Crippen LogP contribution < -0.4 is 10.5 Å².